The highest BCUT2D eigenvalue weighted by Crippen LogP contribution is 2.25. The number of nitrogens with two attached hydrogens (primary N) is 1. The van der Waals surface area contributed by atoms with E-state index in [0.29, 0.717) is 11.3 Å². The van der Waals surface area contributed by atoms with Gasteiger partial charge in [-0.25, -0.2) is 4.98 Å². The molecule has 0 saturated heterocycles. The zero-order valence-corrected chi connectivity index (χ0v) is 11.1. The molecule has 0 spiro atoms. The van der Waals surface area contributed by atoms with Gasteiger partial charge in [0.2, 0.25) is 0 Å². The largest absolute Gasteiger partial charge is 0.405 e. The van der Waals surface area contributed by atoms with Gasteiger partial charge in [0.05, 0.1) is 5.56 Å². The minimum Gasteiger partial charge on any atom is -0.389 e. The summed E-state index contributed by atoms with van der Waals surface area (Å²) in [4.78, 5) is 5.15. The molecule has 1 rings (SSSR count). The molecule has 1 heterocycles. The highest BCUT2D eigenvalue weighted by Gasteiger charge is 2.31. The van der Waals surface area contributed by atoms with Gasteiger partial charge in [0.1, 0.15) is 17.4 Å². The number of hydrogen-bond donors (Lipinski definition) is 1. The summed E-state index contributed by atoms with van der Waals surface area (Å²) in [7, 11) is 1.32. The van der Waals surface area contributed by atoms with Crippen molar-refractivity contribution in [3.63, 3.8) is 0 Å². The molecule has 3 nitrogen and oxygen atoms in total. The van der Waals surface area contributed by atoms with Crippen molar-refractivity contribution in [3.05, 3.63) is 22.9 Å². The number of alkyl halides is 3. The van der Waals surface area contributed by atoms with Gasteiger partial charge >= 0.3 is 6.18 Å². The average molecular weight is 277 g/mol. The first-order valence-electron chi connectivity index (χ1n) is 5.17. The Labute approximate surface area is 109 Å². The quantitative estimate of drug-likeness (QED) is 0.861. The summed E-state index contributed by atoms with van der Waals surface area (Å²) in [6.07, 6.45) is -4.30. The van der Waals surface area contributed by atoms with E-state index in [1.54, 1.807) is 19.9 Å². The zero-order valence-electron chi connectivity index (χ0n) is 10.3. The summed E-state index contributed by atoms with van der Waals surface area (Å²) in [5.74, 6) is 0.164. The Bertz CT molecular complexity index is 471. The van der Waals surface area contributed by atoms with Crippen LogP contribution >= 0.6 is 12.2 Å². The summed E-state index contributed by atoms with van der Waals surface area (Å²) in [6, 6.07) is 1.74. The lowest BCUT2D eigenvalue weighted by Gasteiger charge is -2.23. The average Bonchev–Trinajstić information content (AvgIpc) is 2.12. The highest BCUT2D eigenvalue weighted by molar-refractivity contribution is 7.80. The Morgan fingerprint density at radius 2 is 2.00 bits per heavy atom. The highest BCUT2D eigenvalue weighted by atomic mass is 32.1. The maximum absolute atomic E-state index is 12.4. The molecule has 0 aromatic carbocycles. The van der Waals surface area contributed by atoms with E-state index < -0.39 is 12.7 Å². The molecule has 7 heteroatoms. The lowest BCUT2D eigenvalue weighted by Crippen LogP contribution is -2.33. The van der Waals surface area contributed by atoms with Gasteiger partial charge < -0.3 is 10.6 Å². The second-order valence-corrected chi connectivity index (χ2v) is 4.55. The van der Waals surface area contributed by atoms with Crippen molar-refractivity contribution >= 4 is 23.0 Å². The molecule has 2 N–H and O–H groups in total. The smallest absolute Gasteiger partial charge is 0.389 e. The Balaban J connectivity index is 3.26. The van der Waals surface area contributed by atoms with Crippen molar-refractivity contribution in [3.8, 4) is 0 Å². The Hall–Kier alpha value is -1.37. The first-order valence-corrected chi connectivity index (χ1v) is 5.58. The molecule has 0 aliphatic rings. The fraction of sp³-hybridized carbons (Fsp3) is 0.455. The maximum Gasteiger partial charge on any atom is 0.405 e. The van der Waals surface area contributed by atoms with Gasteiger partial charge in [0, 0.05) is 12.7 Å². The first-order chi connectivity index (χ1) is 8.11. The van der Waals surface area contributed by atoms with E-state index in [9.17, 15) is 13.2 Å². The third-order valence-corrected chi connectivity index (χ3v) is 2.55. The predicted molar refractivity (Wildman–Crippen MR) is 68.9 cm³/mol. The van der Waals surface area contributed by atoms with E-state index in [4.69, 9.17) is 18.0 Å². The molecule has 0 saturated carbocycles. The first kappa shape index (κ1) is 14.7. The molecule has 0 fully saturated rings. The standard InChI is InChI=1S/C11H14F3N3S/c1-6-4-7(2)16-10(8(6)9(15)18)17(3)5-11(12,13)14/h4H,5H2,1-3H3,(H2,15,18). The molecule has 0 bridgehead atoms. The summed E-state index contributed by atoms with van der Waals surface area (Å²) in [5, 5.41) is 0. The van der Waals surface area contributed by atoms with E-state index in [-0.39, 0.29) is 10.8 Å². The third-order valence-electron chi connectivity index (χ3n) is 2.35. The molecule has 0 unspecified atom stereocenters. The minimum atomic E-state index is -4.30. The molecule has 100 valence electrons. The van der Waals surface area contributed by atoms with Crippen LogP contribution in [0.5, 0.6) is 0 Å². The minimum absolute atomic E-state index is 0.0454. The molecule has 0 atom stereocenters. The van der Waals surface area contributed by atoms with Crippen LogP contribution in [-0.2, 0) is 0 Å². The molecule has 1 aromatic rings. The topological polar surface area (TPSA) is 42.1 Å². The van der Waals surface area contributed by atoms with Crippen molar-refractivity contribution in [1.29, 1.82) is 0 Å². The molecular weight excluding hydrogens is 263 g/mol. The van der Waals surface area contributed by atoms with Gasteiger partial charge in [-0.15, -0.1) is 0 Å². The monoisotopic (exact) mass is 277 g/mol. The lowest BCUT2D eigenvalue weighted by molar-refractivity contribution is -0.119. The summed E-state index contributed by atoms with van der Waals surface area (Å²) in [5.41, 5.74) is 7.28. The van der Waals surface area contributed by atoms with Gasteiger partial charge in [-0.05, 0) is 25.5 Å². The van der Waals surface area contributed by atoms with Crippen LogP contribution in [0.25, 0.3) is 0 Å². The van der Waals surface area contributed by atoms with Gasteiger partial charge in [-0.2, -0.15) is 13.2 Å². The van der Waals surface area contributed by atoms with Gasteiger partial charge in [-0.1, -0.05) is 12.2 Å². The molecule has 0 radical (unpaired) electrons. The number of aryl methyl sites for hydroxylation is 2. The Morgan fingerprint density at radius 1 is 1.44 bits per heavy atom. The van der Waals surface area contributed by atoms with E-state index in [1.165, 1.54) is 7.05 Å². The number of pyridine rings is 1. The second-order valence-electron chi connectivity index (χ2n) is 4.11. The van der Waals surface area contributed by atoms with Crippen molar-refractivity contribution in [1.82, 2.24) is 4.98 Å². The molecule has 18 heavy (non-hydrogen) atoms. The summed E-state index contributed by atoms with van der Waals surface area (Å²) in [6.45, 7) is 2.36. The SMILES string of the molecule is Cc1cc(C)c(C(N)=S)c(N(C)CC(F)(F)F)n1. The van der Waals surface area contributed by atoms with E-state index in [2.05, 4.69) is 4.98 Å². The van der Waals surface area contributed by atoms with Crippen molar-refractivity contribution in [2.24, 2.45) is 5.73 Å². The maximum atomic E-state index is 12.4. The number of aromatic nitrogens is 1. The Kier molecular flexibility index (Phi) is 4.16. The number of rotatable bonds is 3. The summed E-state index contributed by atoms with van der Waals surface area (Å²) >= 11 is 4.87. The lowest BCUT2D eigenvalue weighted by atomic mass is 10.1. The number of nitrogens with zero attached hydrogens (tertiary/aromatic N) is 2. The van der Waals surface area contributed by atoms with E-state index >= 15 is 0 Å². The van der Waals surface area contributed by atoms with Crippen LogP contribution in [0.15, 0.2) is 6.07 Å². The zero-order chi connectivity index (χ0) is 14.1. The second kappa shape index (κ2) is 5.09. The van der Waals surface area contributed by atoms with Crippen molar-refractivity contribution in [2.45, 2.75) is 20.0 Å². The van der Waals surface area contributed by atoms with Crippen LogP contribution < -0.4 is 10.6 Å². The molecule has 1 aromatic heterocycles. The number of anilines is 1. The number of thiocarbonyl (C=S) groups is 1. The fourth-order valence-corrected chi connectivity index (χ4v) is 1.99. The Morgan fingerprint density at radius 3 is 2.44 bits per heavy atom. The van der Waals surface area contributed by atoms with Crippen LogP contribution in [0.2, 0.25) is 0 Å². The number of halogens is 3. The third kappa shape index (κ3) is 3.56. The van der Waals surface area contributed by atoms with Crippen LogP contribution in [0.1, 0.15) is 16.8 Å². The molecular formula is C11H14F3N3S. The van der Waals surface area contributed by atoms with Crippen LogP contribution in [-0.4, -0.2) is 29.7 Å². The van der Waals surface area contributed by atoms with E-state index in [1.807, 2.05) is 0 Å². The molecule has 0 aliphatic heterocycles. The molecule has 0 aliphatic carbocycles. The normalized spacial score (nSPS) is 11.4. The van der Waals surface area contributed by atoms with Crippen LogP contribution in [0.3, 0.4) is 0 Å². The summed E-state index contributed by atoms with van der Waals surface area (Å²) < 4.78 is 37.2. The number of hydrogen-bond acceptors (Lipinski definition) is 3. The van der Waals surface area contributed by atoms with Gasteiger partial charge in [0.15, 0.2) is 0 Å². The van der Waals surface area contributed by atoms with E-state index in [0.717, 1.165) is 10.5 Å². The molecule has 0 amide bonds. The van der Waals surface area contributed by atoms with Crippen molar-refractivity contribution in [2.75, 3.05) is 18.5 Å². The fourth-order valence-electron chi connectivity index (χ4n) is 1.74. The van der Waals surface area contributed by atoms with Gasteiger partial charge in [0.25, 0.3) is 0 Å². The van der Waals surface area contributed by atoms with Crippen LogP contribution in [0, 0.1) is 13.8 Å². The predicted octanol–water partition coefficient (Wildman–Crippen LogP) is 2.33. The van der Waals surface area contributed by atoms with Gasteiger partial charge in [-0.3, -0.25) is 0 Å². The van der Waals surface area contributed by atoms with Crippen LogP contribution in [0.4, 0.5) is 19.0 Å². The van der Waals surface area contributed by atoms with Crippen molar-refractivity contribution < 1.29 is 13.2 Å².